The average Bonchev–Trinajstić information content (AvgIpc) is 2.39. The molecule has 1 N–H and O–H groups in total. The lowest BCUT2D eigenvalue weighted by Gasteiger charge is -2.38. The lowest BCUT2D eigenvalue weighted by Crippen LogP contribution is -2.43. The van der Waals surface area contributed by atoms with E-state index >= 15 is 0 Å². The van der Waals surface area contributed by atoms with Gasteiger partial charge in [-0.05, 0) is 22.2 Å². The molecule has 0 fully saturated rings. The molecular weight excluding hydrogens is 272 g/mol. The summed E-state index contributed by atoms with van der Waals surface area (Å²) in [5.74, 6) is 3.18. The number of rotatable bonds is 5. The van der Waals surface area contributed by atoms with Gasteiger partial charge >= 0.3 is 0 Å². The van der Waals surface area contributed by atoms with Gasteiger partial charge in [0.2, 0.25) is 0 Å². The van der Waals surface area contributed by atoms with Gasteiger partial charge in [-0.15, -0.1) is 5.54 Å². The van der Waals surface area contributed by atoms with E-state index in [1.165, 1.54) is 0 Å². The molecule has 1 rings (SSSR count). The van der Waals surface area contributed by atoms with Crippen molar-refractivity contribution in [3.8, 4) is 11.5 Å². The number of hydrogen-bond donors (Lipinski definition) is 1. The van der Waals surface area contributed by atoms with Crippen molar-refractivity contribution in [1.82, 2.24) is 0 Å². The van der Waals surface area contributed by atoms with E-state index in [4.69, 9.17) is 0 Å². The molecule has 1 nitrogen and oxygen atoms in total. The Morgan fingerprint density at radius 1 is 0.905 bits per heavy atom. The lowest BCUT2D eigenvalue weighted by atomic mass is 10.1. The number of benzene rings is 1. The van der Waals surface area contributed by atoms with Gasteiger partial charge in [0.1, 0.15) is 14.2 Å². The normalized spacial score (nSPS) is 13.4. The summed E-state index contributed by atoms with van der Waals surface area (Å²) < 4.78 is 0. The first-order valence-corrected chi connectivity index (χ1v) is 10.3. The van der Waals surface area contributed by atoms with Crippen LogP contribution in [0, 0.1) is 11.5 Å². The fraction of sp³-hybridized carbons (Fsp3) is 0.579. The molecule has 0 aliphatic heterocycles. The van der Waals surface area contributed by atoms with Crippen LogP contribution in [0.1, 0.15) is 47.1 Å². The van der Waals surface area contributed by atoms with Gasteiger partial charge in [-0.25, -0.2) is 0 Å². The van der Waals surface area contributed by atoms with Crippen LogP contribution in [-0.4, -0.2) is 19.3 Å². The summed E-state index contributed by atoms with van der Waals surface area (Å²) in [7, 11) is -1.73. The third-order valence-electron chi connectivity index (χ3n) is 4.59. The van der Waals surface area contributed by atoms with Crippen LogP contribution in [0.25, 0.3) is 0 Å². The Kier molecular flexibility index (Phi) is 6.71. The van der Waals surface area contributed by atoms with E-state index in [2.05, 4.69) is 53.0 Å². The molecule has 1 aromatic carbocycles. The van der Waals surface area contributed by atoms with E-state index in [0.717, 1.165) is 5.56 Å². The predicted molar refractivity (Wildman–Crippen MR) is 95.0 cm³/mol. The van der Waals surface area contributed by atoms with E-state index in [0.29, 0.717) is 23.0 Å². The molecule has 21 heavy (non-hydrogen) atoms. The van der Waals surface area contributed by atoms with Gasteiger partial charge in [-0.1, -0.05) is 77.8 Å². The van der Waals surface area contributed by atoms with Crippen LogP contribution in [0.2, 0.25) is 16.6 Å². The van der Waals surface area contributed by atoms with Crippen molar-refractivity contribution in [2.24, 2.45) is 0 Å². The second-order valence-corrected chi connectivity index (χ2v) is 12.5. The van der Waals surface area contributed by atoms with Gasteiger partial charge in [0.25, 0.3) is 0 Å². The molecule has 1 atom stereocenters. The van der Waals surface area contributed by atoms with Crippen LogP contribution in [-0.2, 0) is 6.42 Å². The summed E-state index contributed by atoms with van der Waals surface area (Å²) in [5.41, 5.74) is 6.55. The first-order chi connectivity index (χ1) is 9.80. The molecule has 0 heterocycles. The summed E-state index contributed by atoms with van der Waals surface area (Å²) in [5, 5.41) is 10.3. The number of hydrogen-bond acceptors (Lipinski definition) is 1. The van der Waals surface area contributed by atoms with Crippen molar-refractivity contribution >= 4 is 8.07 Å². The summed E-state index contributed by atoms with van der Waals surface area (Å²) in [6, 6.07) is 10.1. The molecule has 0 radical (unpaired) electrons. The Hall–Kier alpha value is -1.04. The molecule has 0 aliphatic carbocycles. The van der Waals surface area contributed by atoms with E-state index in [1.807, 2.05) is 30.3 Å². The lowest BCUT2D eigenvalue weighted by molar-refractivity contribution is 0.233. The van der Waals surface area contributed by atoms with Gasteiger partial charge < -0.3 is 5.11 Å². The van der Waals surface area contributed by atoms with Crippen LogP contribution in [0.3, 0.4) is 0 Å². The van der Waals surface area contributed by atoms with Crippen molar-refractivity contribution in [2.75, 3.05) is 0 Å². The van der Waals surface area contributed by atoms with Crippen LogP contribution >= 0.6 is 0 Å². The first-order valence-electron chi connectivity index (χ1n) is 8.05. The fourth-order valence-electron chi connectivity index (χ4n) is 3.53. The summed E-state index contributed by atoms with van der Waals surface area (Å²) in [4.78, 5) is 0. The maximum absolute atomic E-state index is 10.3. The highest BCUT2D eigenvalue weighted by molar-refractivity contribution is 6.90. The topological polar surface area (TPSA) is 20.2 Å². The molecule has 0 saturated heterocycles. The average molecular weight is 303 g/mol. The molecule has 116 valence electrons. The summed E-state index contributed by atoms with van der Waals surface area (Å²) >= 11 is 0. The Bertz CT molecular complexity index is 458. The van der Waals surface area contributed by atoms with Crippen molar-refractivity contribution < 1.29 is 5.11 Å². The zero-order valence-corrected chi connectivity index (χ0v) is 15.4. The van der Waals surface area contributed by atoms with Crippen LogP contribution in [0.4, 0.5) is 0 Å². The smallest absolute Gasteiger partial charge is 0.146 e. The van der Waals surface area contributed by atoms with Gasteiger partial charge in [0.15, 0.2) is 0 Å². The molecule has 0 aromatic heterocycles. The molecule has 1 aromatic rings. The van der Waals surface area contributed by atoms with Crippen LogP contribution in [0.15, 0.2) is 30.3 Å². The van der Waals surface area contributed by atoms with E-state index < -0.39 is 14.2 Å². The zero-order valence-electron chi connectivity index (χ0n) is 14.4. The third kappa shape index (κ3) is 4.46. The monoisotopic (exact) mass is 302 g/mol. The largest absolute Gasteiger partial charge is 0.380 e. The molecule has 1 unspecified atom stereocenters. The molecule has 0 bridgehead atoms. The van der Waals surface area contributed by atoms with E-state index in [-0.39, 0.29) is 0 Å². The van der Waals surface area contributed by atoms with Gasteiger partial charge in [0, 0.05) is 6.42 Å². The standard InChI is InChI=1S/C19H30OSi/c1-15(2)21(16(3)4,17(5)6)13-12-19(20)14-18-10-8-7-9-11-18/h7-11,15-17,19-20H,14H2,1-6H3. The zero-order chi connectivity index (χ0) is 16.0. The molecule has 0 amide bonds. The highest BCUT2D eigenvalue weighted by atomic mass is 28.3. The minimum atomic E-state index is -1.73. The highest BCUT2D eigenvalue weighted by Crippen LogP contribution is 2.40. The maximum Gasteiger partial charge on any atom is 0.146 e. The molecule has 0 aliphatic rings. The van der Waals surface area contributed by atoms with Crippen molar-refractivity contribution in [3.63, 3.8) is 0 Å². The molecule has 0 saturated carbocycles. The molecule has 2 heteroatoms. The highest BCUT2D eigenvalue weighted by Gasteiger charge is 2.41. The van der Waals surface area contributed by atoms with E-state index in [1.54, 1.807) is 0 Å². The van der Waals surface area contributed by atoms with Crippen molar-refractivity contribution in [1.29, 1.82) is 0 Å². The van der Waals surface area contributed by atoms with Gasteiger partial charge in [0.05, 0.1) is 0 Å². The first kappa shape index (κ1) is 18.0. The van der Waals surface area contributed by atoms with Crippen molar-refractivity contribution in [3.05, 3.63) is 35.9 Å². The molecular formula is C19H30OSi. The Balaban J connectivity index is 2.94. The Morgan fingerprint density at radius 2 is 1.38 bits per heavy atom. The Morgan fingerprint density at radius 3 is 1.81 bits per heavy atom. The number of aliphatic hydroxyl groups is 1. The summed E-state index contributed by atoms with van der Waals surface area (Å²) in [6.07, 6.45) is 0.0580. The van der Waals surface area contributed by atoms with Gasteiger partial charge in [-0.3, -0.25) is 0 Å². The van der Waals surface area contributed by atoms with E-state index in [9.17, 15) is 5.11 Å². The Labute approximate surface area is 131 Å². The molecule has 0 spiro atoms. The minimum Gasteiger partial charge on any atom is -0.380 e. The quantitative estimate of drug-likeness (QED) is 0.611. The van der Waals surface area contributed by atoms with Crippen LogP contribution < -0.4 is 0 Å². The summed E-state index contributed by atoms with van der Waals surface area (Å²) in [6.45, 7) is 13.8. The van der Waals surface area contributed by atoms with Gasteiger partial charge in [-0.2, -0.15) is 0 Å². The number of aliphatic hydroxyl groups excluding tert-OH is 1. The predicted octanol–water partition coefficient (Wildman–Crippen LogP) is 4.81. The minimum absolute atomic E-state index is 0.560. The maximum atomic E-state index is 10.3. The SMILES string of the molecule is CC(C)[Si](C#CC(O)Cc1ccccc1)(C(C)C)C(C)C. The van der Waals surface area contributed by atoms with Crippen LogP contribution in [0.5, 0.6) is 0 Å². The fourth-order valence-corrected chi connectivity index (χ4v) is 8.81. The third-order valence-corrected chi connectivity index (χ3v) is 10.9. The second kappa shape index (κ2) is 7.82. The van der Waals surface area contributed by atoms with Crippen molar-refractivity contribution in [2.45, 2.75) is 70.7 Å². The second-order valence-electron chi connectivity index (χ2n) is 6.87.